The van der Waals surface area contributed by atoms with Gasteiger partial charge < -0.3 is 14.7 Å². The topological polar surface area (TPSA) is 60.0 Å². The van der Waals surface area contributed by atoms with Gasteiger partial charge in [0.05, 0.1) is 5.56 Å². The Balaban J connectivity index is 1.23. The molecule has 0 aromatic carbocycles. The van der Waals surface area contributed by atoms with Crippen molar-refractivity contribution in [2.24, 2.45) is 11.8 Å². The summed E-state index contributed by atoms with van der Waals surface area (Å²) in [6, 6.07) is 4.90. The number of piperidine rings is 3. The highest BCUT2D eigenvalue weighted by atomic mass is 16.2. The summed E-state index contributed by atoms with van der Waals surface area (Å²) in [7, 11) is 0. The zero-order valence-corrected chi connectivity index (χ0v) is 18.9. The van der Waals surface area contributed by atoms with Crippen molar-refractivity contribution in [3.05, 3.63) is 23.9 Å². The average molecular weight is 426 g/mol. The highest BCUT2D eigenvalue weighted by Crippen LogP contribution is 2.38. The molecule has 4 saturated heterocycles. The lowest BCUT2D eigenvalue weighted by atomic mass is 9.76. The van der Waals surface area contributed by atoms with E-state index < -0.39 is 0 Å². The van der Waals surface area contributed by atoms with Gasteiger partial charge in [0.1, 0.15) is 5.82 Å². The van der Waals surface area contributed by atoms with Gasteiger partial charge in [0.25, 0.3) is 5.91 Å². The molecule has 1 aromatic heterocycles. The second-order valence-corrected chi connectivity index (χ2v) is 10.1. The largest absolute Gasteiger partial charge is 0.356 e. The molecule has 0 N–H and O–H groups in total. The maximum atomic E-state index is 12.9. The lowest BCUT2D eigenvalue weighted by molar-refractivity contribution is -0.142. The van der Waals surface area contributed by atoms with Crippen LogP contribution in [0, 0.1) is 11.8 Å². The minimum Gasteiger partial charge on any atom is -0.356 e. The molecule has 0 radical (unpaired) electrons. The molecular weight excluding hydrogens is 390 g/mol. The molecule has 7 heteroatoms. The van der Waals surface area contributed by atoms with Crippen LogP contribution in [0.2, 0.25) is 0 Å². The van der Waals surface area contributed by atoms with Crippen LogP contribution in [0.4, 0.5) is 5.82 Å². The highest BCUT2D eigenvalue weighted by molar-refractivity contribution is 5.94. The van der Waals surface area contributed by atoms with E-state index >= 15 is 0 Å². The zero-order valence-electron chi connectivity index (χ0n) is 18.9. The van der Waals surface area contributed by atoms with Crippen LogP contribution in [-0.4, -0.2) is 89.4 Å². The predicted molar refractivity (Wildman–Crippen MR) is 120 cm³/mol. The summed E-state index contributed by atoms with van der Waals surface area (Å²) >= 11 is 0. The molecule has 3 atom stereocenters. The molecule has 0 spiro atoms. The summed E-state index contributed by atoms with van der Waals surface area (Å²) in [5.41, 5.74) is 0.683. The molecule has 4 aliphatic rings. The minimum atomic E-state index is 0.0920. The van der Waals surface area contributed by atoms with Gasteiger partial charge in [0.2, 0.25) is 5.91 Å². The molecule has 2 amide bonds. The number of amides is 2. The maximum absolute atomic E-state index is 12.9. The van der Waals surface area contributed by atoms with Crippen LogP contribution in [0.15, 0.2) is 18.3 Å². The molecule has 2 bridgehead atoms. The van der Waals surface area contributed by atoms with Crippen molar-refractivity contribution in [1.82, 2.24) is 19.7 Å². The first kappa shape index (κ1) is 20.7. The Morgan fingerprint density at radius 3 is 2.61 bits per heavy atom. The van der Waals surface area contributed by atoms with Gasteiger partial charge >= 0.3 is 0 Å². The number of carbonyl (C=O) groups excluding carboxylic acids is 2. The summed E-state index contributed by atoms with van der Waals surface area (Å²) in [4.78, 5) is 38.9. The molecule has 0 aliphatic carbocycles. The van der Waals surface area contributed by atoms with Crippen molar-refractivity contribution in [3.63, 3.8) is 0 Å². The molecule has 168 valence electrons. The van der Waals surface area contributed by atoms with E-state index in [4.69, 9.17) is 4.98 Å². The Morgan fingerprint density at radius 2 is 1.90 bits per heavy atom. The van der Waals surface area contributed by atoms with Crippen molar-refractivity contribution in [1.29, 1.82) is 0 Å². The summed E-state index contributed by atoms with van der Waals surface area (Å²) in [6.07, 6.45) is 5.88. The highest BCUT2D eigenvalue weighted by Gasteiger charge is 2.44. The smallest absolute Gasteiger partial charge is 0.255 e. The van der Waals surface area contributed by atoms with Crippen molar-refractivity contribution >= 4 is 17.6 Å². The van der Waals surface area contributed by atoms with E-state index in [1.807, 2.05) is 17.0 Å². The normalized spacial score (nSPS) is 29.3. The van der Waals surface area contributed by atoms with E-state index in [1.54, 1.807) is 6.20 Å². The number of hydrogen-bond donors (Lipinski definition) is 0. The van der Waals surface area contributed by atoms with E-state index in [2.05, 4.69) is 28.5 Å². The summed E-state index contributed by atoms with van der Waals surface area (Å²) in [5, 5.41) is 0. The van der Waals surface area contributed by atoms with Crippen molar-refractivity contribution < 1.29 is 9.59 Å². The third kappa shape index (κ3) is 4.04. The van der Waals surface area contributed by atoms with Crippen molar-refractivity contribution in [2.75, 3.05) is 50.7 Å². The fourth-order valence-corrected chi connectivity index (χ4v) is 6.12. The lowest BCUT2D eigenvalue weighted by Gasteiger charge is -2.52. The molecule has 2 unspecified atom stereocenters. The number of rotatable bonds is 3. The first-order valence-electron chi connectivity index (χ1n) is 12.0. The van der Waals surface area contributed by atoms with Gasteiger partial charge in [-0.2, -0.15) is 0 Å². The molecule has 4 fully saturated rings. The predicted octanol–water partition coefficient (Wildman–Crippen LogP) is 2.09. The molecule has 5 heterocycles. The van der Waals surface area contributed by atoms with Crippen molar-refractivity contribution in [3.8, 4) is 0 Å². The van der Waals surface area contributed by atoms with E-state index in [9.17, 15) is 9.59 Å². The van der Waals surface area contributed by atoms with E-state index in [0.717, 1.165) is 70.9 Å². The van der Waals surface area contributed by atoms with E-state index in [1.165, 1.54) is 6.42 Å². The third-order valence-electron chi connectivity index (χ3n) is 7.83. The molecule has 7 nitrogen and oxygen atoms in total. The number of piperazine rings is 1. The molecule has 0 saturated carbocycles. The van der Waals surface area contributed by atoms with Gasteiger partial charge in [-0.25, -0.2) is 4.98 Å². The van der Waals surface area contributed by atoms with Crippen LogP contribution >= 0.6 is 0 Å². The number of fused-ring (bicyclic) bond motifs is 4. The lowest BCUT2D eigenvalue weighted by Crippen LogP contribution is -2.60. The Bertz CT molecular complexity index is 818. The number of hydrogen-bond acceptors (Lipinski definition) is 5. The van der Waals surface area contributed by atoms with Crippen LogP contribution in [0.25, 0.3) is 0 Å². The van der Waals surface area contributed by atoms with Gasteiger partial charge in [0.15, 0.2) is 0 Å². The first-order chi connectivity index (χ1) is 15.0. The second-order valence-electron chi connectivity index (χ2n) is 10.1. The quantitative estimate of drug-likeness (QED) is 0.742. The fraction of sp³-hybridized carbons (Fsp3) is 0.708. The summed E-state index contributed by atoms with van der Waals surface area (Å²) in [5.74, 6) is 2.48. The van der Waals surface area contributed by atoms with Gasteiger partial charge in [-0.3, -0.25) is 14.5 Å². The Kier molecular flexibility index (Phi) is 5.63. The summed E-state index contributed by atoms with van der Waals surface area (Å²) in [6.45, 7) is 10.7. The first-order valence-corrected chi connectivity index (χ1v) is 12.0. The fourth-order valence-electron chi connectivity index (χ4n) is 6.12. The van der Waals surface area contributed by atoms with Crippen molar-refractivity contribution in [2.45, 2.75) is 51.6 Å². The van der Waals surface area contributed by atoms with Crippen LogP contribution in [0.1, 0.15) is 49.9 Å². The number of carbonyl (C=O) groups is 2. The van der Waals surface area contributed by atoms with Crippen LogP contribution in [0.3, 0.4) is 0 Å². The van der Waals surface area contributed by atoms with Gasteiger partial charge in [-0.15, -0.1) is 0 Å². The van der Waals surface area contributed by atoms with E-state index in [-0.39, 0.29) is 5.91 Å². The maximum Gasteiger partial charge on any atom is 0.255 e. The summed E-state index contributed by atoms with van der Waals surface area (Å²) < 4.78 is 0. The van der Waals surface area contributed by atoms with Crippen LogP contribution < -0.4 is 4.90 Å². The molecule has 1 aromatic rings. The average Bonchev–Trinajstić information content (AvgIpc) is 2.79. The third-order valence-corrected chi connectivity index (χ3v) is 7.83. The SMILES string of the molecule is CC(C)N1CCN(C(=O)c2ccc(N3CC4CC(C3)[C@H]3CCCC(=O)N3C4)nc2)CC1. The number of nitrogens with zero attached hydrogens (tertiary/aromatic N) is 5. The monoisotopic (exact) mass is 425 g/mol. The molecular formula is C24H35N5O2. The zero-order chi connectivity index (χ0) is 21.5. The van der Waals surface area contributed by atoms with Crippen LogP contribution in [-0.2, 0) is 4.79 Å². The van der Waals surface area contributed by atoms with Gasteiger partial charge in [-0.1, -0.05) is 0 Å². The Labute approximate surface area is 185 Å². The Morgan fingerprint density at radius 1 is 1.10 bits per heavy atom. The standard InChI is InChI=1S/C24H35N5O2/c1-17(2)26-8-10-27(11-9-26)24(31)19-6-7-22(25-13-19)28-14-18-12-20(16-28)21-4-3-5-23(30)29(21)15-18/h6-7,13,17-18,20-21H,3-5,8-12,14-16H2,1-2H3/t18?,20?,21-/m1/s1. The second kappa shape index (κ2) is 8.41. The number of pyridine rings is 1. The molecule has 4 aliphatic heterocycles. The Hall–Kier alpha value is -2.15. The van der Waals surface area contributed by atoms with Gasteiger partial charge in [0, 0.05) is 70.5 Å². The number of anilines is 1. The number of aromatic nitrogens is 1. The molecule has 31 heavy (non-hydrogen) atoms. The van der Waals surface area contributed by atoms with Crippen LogP contribution in [0.5, 0.6) is 0 Å². The van der Waals surface area contributed by atoms with Gasteiger partial charge in [-0.05, 0) is 57.1 Å². The minimum absolute atomic E-state index is 0.0920. The molecule has 5 rings (SSSR count). The van der Waals surface area contributed by atoms with E-state index in [0.29, 0.717) is 35.4 Å².